The molecule has 0 aromatic heterocycles. The first-order valence-electron chi connectivity index (χ1n) is 4.22. The quantitative estimate of drug-likeness (QED) is 0.455. The molecule has 4 heteroatoms. The number of benzene rings is 1. The van der Waals surface area contributed by atoms with Gasteiger partial charge in [0, 0.05) is 19.0 Å². The zero-order chi connectivity index (χ0) is 10.4. The van der Waals surface area contributed by atoms with Crippen LogP contribution in [0.3, 0.4) is 0 Å². The molecule has 1 nitrogen and oxygen atoms in total. The maximum atomic E-state index is 5.17. The molecule has 1 aromatic carbocycles. The van der Waals surface area contributed by atoms with Crippen LogP contribution >= 0.6 is 35.7 Å². The molecule has 0 unspecified atom stereocenters. The van der Waals surface area contributed by atoms with Crippen LogP contribution in [0.5, 0.6) is 0 Å². The zero-order valence-corrected chi connectivity index (χ0v) is 10.7. The number of thioether (sulfide) groups is 2. The molecule has 0 aliphatic carbocycles. The van der Waals surface area contributed by atoms with Crippen molar-refractivity contribution in [1.82, 2.24) is 4.90 Å². The van der Waals surface area contributed by atoms with Crippen molar-refractivity contribution in [3.63, 3.8) is 0 Å². The Bertz CT molecular complexity index is 285. The van der Waals surface area contributed by atoms with Crippen molar-refractivity contribution in [2.24, 2.45) is 0 Å². The average molecular weight is 243 g/mol. The maximum Gasteiger partial charge on any atom is 0.136 e. The molecule has 0 fully saturated rings. The van der Waals surface area contributed by atoms with E-state index in [0.29, 0.717) is 0 Å². The Kier molecular flexibility index (Phi) is 5.37. The van der Waals surface area contributed by atoms with Gasteiger partial charge < -0.3 is 4.90 Å². The Hall–Kier alpha value is -0.190. The second-order valence-corrected chi connectivity index (χ2v) is 5.90. The molecule has 0 radical (unpaired) electrons. The van der Waals surface area contributed by atoms with Gasteiger partial charge in [-0.05, 0) is 12.1 Å². The molecule has 0 bridgehead atoms. The highest BCUT2D eigenvalue weighted by atomic mass is 32.2. The van der Waals surface area contributed by atoms with Gasteiger partial charge in [-0.3, -0.25) is 0 Å². The zero-order valence-electron chi connectivity index (χ0n) is 8.27. The first-order chi connectivity index (χ1) is 6.70. The van der Waals surface area contributed by atoms with Gasteiger partial charge in [0.05, 0.1) is 5.08 Å². The molecule has 0 heterocycles. The molecule has 0 saturated heterocycles. The van der Waals surface area contributed by atoms with Crippen LogP contribution in [-0.4, -0.2) is 28.4 Å². The van der Waals surface area contributed by atoms with E-state index in [9.17, 15) is 0 Å². The minimum atomic E-state index is 0.938. The van der Waals surface area contributed by atoms with E-state index in [-0.39, 0.29) is 0 Å². The molecule has 1 aromatic rings. The van der Waals surface area contributed by atoms with Gasteiger partial charge >= 0.3 is 0 Å². The van der Waals surface area contributed by atoms with E-state index in [4.69, 9.17) is 12.2 Å². The lowest BCUT2D eigenvalue weighted by molar-refractivity contribution is 0.648. The number of hydrogen-bond acceptors (Lipinski definition) is 3. The van der Waals surface area contributed by atoms with Crippen molar-refractivity contribution < 1.29 is 0 Å². The number of thiocarbonyl (C=S) groups is 1. The third-order valence-corrected chi connectivity index (χ3v) is 4.40. The van der Waals surface area contributed by atoms with Crippen molar-refractivity contribution in [2.75, 3.05) is 19.2 Å². The van der Waals surface area contributed by atoms with Crippen molar-refractivity contribution in [3.8, 4) is 0 Å². The number of nitrogens with zero attached hydrogens (tertiary/aromatic N) is 1. The Morgan fingerprint density at radius 2 is 1.93 bits per heavy atom. The SMILES string of the molecule is CN(C)C(=S)SCSc1ccccc1. The normalized spacial score (nSPS) is 9.86. The number of rotatable bonds is 3. The molecule has 0 saturated carbocycles. The van der Waals surface area contributed by atoms with Gasteiger partial charge in [-0.25, -0.2) is 0 Å². The van der Waals surface area contributed by atoms with Gasteiger partial charge in [-0.2, -0.15) is 0 Å². The second-order valence-electron chi connectivity index (χ2n) is 2.88. The standard InChI is InChI=1S/C10H13NS3/c1-11(2)10(12)14-8-13-9-6-4-3-5-7-9/h3-7H,8H2,1-2H3. The Balaban J connectivity index is 2.26. The Labute approximate surface area is 99.3 Å². The first-order valence-corrected chi connectivity index (χ1v) is 6.60. The second kappa shape index (κ2) is 6.32. The summed E-state index contributed by atoms with van der Waals surface area (Å²) in [5.74, 6) is 0. The lowest BCUT2D eigenvalue weighted by atomic mass is 10.4. The van der Waals surface area contributed by atoms with Crippen molar-refractivity contribution in [1.29, 1.82) is 0 Å². The van der Waals surface area contributed by atoms with Gasteiger partial charge in [0.1, 0.15) is 4.32 Å². The first kappa shape index (κ1) is 11.9. The smallest absolute Gasteiger partial charge is 0.136 e. The van der Waals surface area contributed by atoms with Crippen LogP contribution in [0.2, 0.25) is 0 Å². The van der Waals surface area contributed by atoms with E-state index in [0.717, 1.165) is 9.41 Å². The molecular weight excluding hydrogens is 230 g/mol. The summed E-state index contributed by atoms with van der Waals surface area (Å²) in [7, 11) is 3.95. The van der Waals surface area contributed by atoms with Gasteiger partial charge in [0.2, 0.25) is 0 Å². The molecule has 0 spiro atoms. The Morgan fingerprint density at radius 3 is 2.50 bits per heavy atom. The third-order valence-electron chi connectivity index (χ3n) is 1.52. The molecule has 0 amide bonds. The average Bonchev–Trinajstić information content (AvgIpc) is 2.19. The van der Waals surface area contributed by atoms with Crippen LogP contribution in [0.15, 0.2) is 35.2 Å². The minimum Gasteiger partial charge on any atom is -0.364 e. The number of hydrogen-bond donors (Lipinski definition) is 0. The Morgan fingerprint density at radius 1 is 1.29 bits per heavy atom. The van der Waals surface area contributed by atoms with Gasteiger partial charge in [0.15, 0.2) is 0 Å². The van der Waals surface area contributed by atoms with E-state index in [2.05, 4.69) is 24.3 Å². The fraction of sp³-hybridized carbons (Fsp3) is 0.300. The summed E-state index contributed by atoms with van der Waals surface area (Å²) in [5, 5.41) is 0.973. The summed E-state index contributed by atoms with van der Waals surface area (Å²) in [6, 6.07) is 10.4. The summed E-state index contributed by atoms with van der Waals surface area (Å²) in [4.78, 5) is 3.26. The lowest BCUT2D eigenvalue weighted by Gasteiger charge is -2.11. The molecule has 76 valence electrons. The summed E-state index contributed by atoms with van der Waals surface area (Å²) < 4.78 is 0.938. The van der Waals surface area contributed by atoms with E-state index >= 15 is 0 Å². The van der Waals surface area contributed by atoms with Crippen LogP contribution in [0, 0.1) is 0 Å². The van der Waals surface area contributed by atoms with Crippen LogP contribution < -0.4 is 0 Å². The van der Waals surface area contributed by atoms with Gasteiger partial charge in [-0.15, -0.1) is 11.8 Å². The van der Waals surface area contributed by atoms with E-state index < -0.39 is 0 Å². The lowest BCUT2D eigenvalue weighted by Crippen LogP contribution is -2.15. The minimum absolute atomic E-state index is 0.938. The van der Waals surface area contributed by atoms with E-state index in [1.165, 1.54) is 4.90 Å². The van der Waals surface area contributed by atoms with Crippen molar-refractivity contribution in [3.05, 3.63) is 30.3 Å². The molecule has 0 aliphatic rings. The predicted octanol–water partition coefficient (Wildman–Crippen LogP) is 3.32. The highest BCUT2D eigenvalue weighted by Crippen LogP contribution is 2.23. The third kappa shape index (κ3) is 4.35. The monoisotopic (exact) mass is 243 g/mol. The molecule has 0 aliphatic heterocycles. The van der Waals surface area contributed by atoms with Crippen LogP contribution in [0.1, 0.15) is 0 Å². The van der Waals surface area contributed by atoms with E-state index in [1.807, 2.05) is 36.8 Å². The summed E-state index contributed by atoms with van der Waals surface area (Å²) in [6.45, 7) is 0. The molecule has 0 atom stereocenters. The fourth-order valence-electron chi connectivity index (χ4n) is 0.794. The fourth-order valence-corrected chi connectivity index (χ4v) is 3.02. The van der Waals surface area contributed by atoms with Crippen LogP contribution in [0.25, 0.3) is 0 Å². The largest absolute Gasteiger partial charge is 0.364 e. The van der Waals surface area contributed by atoms with Crippen LogP contribution in [-0.2, 0) is 0 Å². The topological polar surface area (TPSA) is 3.24 Å². The highest BCUT2D eigenvalue weighted by molar-refractivity contribution is 8.29. The summed E-state index contributed by atoms with van der Waals surface area (Å²) in [6.07, 6.45) is 0. The van der Waals surface area contributed by atoms with Crippen molar-refractivity contribution >= 4 is 40.1 Å². The van der Waals surface area contributed by atoms with Crippen molar-refractivity contribution in [2.45, 2.75) is 4.90 Å². The van der Waals surface area contributed by atoms with E-state index in [1.54, 1.807) is 11.8 Å². The molecule has 1 rings (SSSR count). The van der Waals surface area contributed by atoms with Crippen LogP contribution in [0.4, 0.5) is 0 Å². The molecular formula is C10H13NS3. The highest BCUT2D eigenvalue weighted by Gasteiger charge is 1.99. The van der Waals surface area contributed by atoms with Gasteiger partial charge in [0.25, 0.3) is 0 Å². The maximum absolute atomic E-state index is 5.17. The predicted molar refractivity (Wildman–Crippen MR) is 71.0 cm³/mol. The summed E-state index contributed by atoms with van der Waals surface area (Å²) >= 11 is 8.68. The summed E-state index contributed by atoms with van der Waals surface area (Å²) in [5.41, 5.74) is 0. The molecule has 0 N–H and O–H groups in total. The molecule has 14 heavy (non-hydrogen) atoms. The van der Waals surface area contributed by atoms with Gasteiger partial charge in [-0.1, -0.05) is 42.2 Å².